The molecule has 10 nitrogen and oxygen atoms in total. The van der Waals surface area contributed by atoms with Gasteiger partial charge in [-0.1, -0.05) is 30.3 Å². The van der Waals surface area contributed by atoms with E-state index in [0.29, 0.717) is 11.2 Å². The summed E-state index contributed by atoms with van der Waals surface area (Å²) in [6, 6.07) is 17.2. The average Bonchev–Trinajstić information content (AvgIpc) is 3.59. The zero-order valence-electron chi connectivity index (χ0n) is 21.8. The van der Waals surface area contributed by atoms with Gasteiger partial charge in [0.25, 0.3) is 11.8 Å². The molecule has 0 spiro atoms. The Morgan fingerprint density at radius 3 is 2.60 bits per heavy atom. The van der Waals surface area contributed by atoms with E-state index in [4.69, 9.17) is 4.74 Å². The second-order valence-electron chi connectivity index (χ2n) is 9.17. The lowest BCUT2D eigenvalue weighted by molar-refractivity contribution is 0.0594. The van der Waals surface area contributed by atoms with E-state index >= 15 is 0 Å². The first-order chi connectivity index (χ1) is 19.4. The molecule has 0 radical (unpaired) electrons. The molecule has 0 aliphatic rings. The van der Waals surface area contributed by atoms with E-state index in [-0.39, 0.29) is 23.6 Å². The molecule has 0 bridgehead atoms. The van der Waals surface area contributed by atoms with Gasteiger partial charge in [0.05, 0.1) is 30.2 Å². The summed E-state index contributed by atoms with van der Waals surface area (Å²) in [5.41, 5.74) is 3.00. The Hall–Kier alpha value is -4.87. The van der Waals surface area contributed by atoms with Crippen LogP contribution in [-0.4, -0.2) is 55.8 Å². The molecule has 11 heteroatoms. The maximum Gasteiger partial charge on any atom is 0.274 e. The summed E-state index contributed by atoms with van der Waals surface area (Å²) >= 11 is 0. The van der Waals surface area contributed by atoms with Gasteiger partial charge in [0.2, 0.25) is 0 Å². The molecular formula is C29H27FN6O4. The van der Waals surface area contributed by atoms with Crippen LogP contribution in [0, 0.1) is 5.82 Å². The Balaban J connectivity index is 1.33. The van der Waals surface area contributed by atoms with Crippen LogP contribution in [0.2, 0.25) is 0 Å². The monoisotopic (exact) mass is 542 g/mol. The predicted octanol–water partition coefficient (Wildman–Crippen LogP) is 3.60. The van der Waals surface area contributed by atoms with Crippen LogP contribution in [0.5, 0.6) is 0 Å². The maximum atomic E-state index is 14.7. The molecule has 5 aromatic rings. The first kappa shape index (κ1) is 26.7. The van der Waals surface area contributed by atoms with E-state index in [9.17, 15) is 19.1 Å². The summed E-state index contributed by atoms with van der Waals surface area (Å²) in [4.78, 5) is 30.5. The number of halogens is 1. The number of hydrogen-bond donors (Lipinski definition) is 3. The fourth-order valence-electron chi connectivity index (χ4n) is 4.44. The van der Waals surface area contributed by atoms with E-state index in [1.807, 2.05) is 31.3 Å². The zero-order chi connectivity index (χ0) is 28.2. The van der Waals surface area contributed by atoms with E-state index in [1.165, 1.54) is 25.4 Å². The molecule has 5 rings (SSSR count). The second-order valence-corrected chi connectivity index (χ2v) is 9.17. The number of aliphatic hydroxyl groups excluding tert-OH is 1. The molecule has 3 heterocycles. The average molecular weight is 543 g/mol. The van der Waals surface area contributed by atoms with Crippen LogP contribution in [0.4, 0.5) is 10.1 Å². The molecule has 2 amide bonds. The van der Waals surface area contributed by atoms with Gasteiger partial charge in [0, 0.05) is 37.7 Å². The number of imidazole rings is 1. The Labute approximate surface area is 229 Å². The molecule has 0 aliphatic carbocycles. The molecule has 3 aromatic heterocycles. The van der Waals surface area contributed by atoms with Gasteiger partial charge in [-0.3, -0.25) is 18.7 Å². The third-order valence-electron chi connectivity index (χ3n) is 6.52. The van der Waals surface area contributed by atoms with Crippen molar-refractivity contribution in [2.45, 2.75) is 12.1 Å². The van der Waals surface area contributed by atoms with Crippen molar-refractivity contribution >= 4 is 23.1 Å². The minimum absolute atomic E-state index is 0.0448. The van der Waals surface area contributed by atoms with Crippen LogP contribution in [0.3, 0.4) is 0 Å². The molecule has 3 N–H and O–H groups in total. The fourth-order valence-corrected chi connectivity index (χ4v) is 4.44. The molecule has 0 saturated heterocycles. The Morgan fingerprint density at radius 2 is 1.88 bits per heavy atom. The highest BCUT2D eigenvalue weighted by molar-refractivity contribution is 6.04. The third-order valence-corrected chi connectivity index (χ3v) is 6.52. The summed E-state index contributed by atoms with van der Waals surface area (Å²) in [7, 11) is 3.29. The van der Waals surface area contributed by atoms with Gasteiger partial charge in [-0.05, 0) is 42.0 Å². The molecule has 0 saturated carbocycles. The van der Waals surface area contributed by atoms with Gasteiger partial charge >= 0.3 is 0 Å². The van der Waals surface area contributed by atoms with E-state index in [2.05, 4.69) is 20.7 Å². The van der Waals surface area contributed by atoms with Gasteiger partial charge in [-0.2, -0.15) is 5.10 Å². The highest BCUT2D eigenvalue weighted by Crippen LogP contribution is 2.23. The van der Waals surface area contributed by atoms with Crippen LogP contribution < -0.4 is 10.6 Å². The SMILES string of the molecule is COCC(NC(=O)c1ccc(F)c(NC(=O)c2cnc3cc(-c4ccnn4C)ccn23)c1)C(O)c1ccccc1. The predicted molar refractivity (Wildman–Crippen MR) is 146 cm³/mol. The van der Waals surface area contributed by atoms with Crippen molar-refractivity contribution in [3.63, 3.8) is 0 Å². The standard InChI is InChI=1S/C29H27FN6O4/c1-35-24(10-12-32-35)19-11-13-36-25(16-31-26(36)15-19)29(39)33-22-14-20(8-9-21(22)30)28(38)34-23(17-40-2)27(37)18-6-4-3-5-7-18/h3-16,23,27,37H,17H2,1-2H3,(H,33,39)(H,34,38). The summed E-state index contributed by atoms with van der Waals surface area (Å²) in [5, 5.41) is 20.2. The zero-order valence-corrected chi connectivity index (χ0v) is 21.8. The van der Waals surface area contributed by atoms with Gasteiger partial charge in [-0.25, -0.2) is 9.37 Å². The van der Waals surface area contributed by atoms with Crippen LogP contribution in [-0.2, 0) is 11.8 Å². The number of methoxy groups -OCH3 is 1. The number of hydrogen-bond acceptors (Lipinski definition) is 6. The quantitative estimate of drug-likeness (QED) is 0.262. The number of nitrogens with one attached hydrogen (secondary N) is 2. The molecule has 204 valence electrons. The number of aliphatic hydroxyl groups is 1. The number of carbonyl (C=O) groups is 2. The minimum Gasteiger partial charge on any atom is -0.386 e. The highest BCUT2D eigenvalue weighted by Gasteiger charge is 2.24. The van der Waals surface area contributed by atoms with Crippen molar-refractivity contribution in [2.75, 3.05) is 19.0 Å². The lowest BCUT2D eigenvalue weighted by Gasteiger charge is -2.24. The van der Waals surface area contributed by atoms with Crippen molar-refractivity contribution in [3.8, 4) is 11.3 Å². The Bertz CT molecular complexity index is 1670. The van der Waals surface area contributed by atoms with Gasteiger partial charge in [0.15, 0.2) is 0 Å². The van der Waals surface area contributed by atoms with E-state index < -0.39 is 29.8 Å². The smallest absolute Gasteiger partial charge is 0.274 e. The summed E-state index contributed by atoms with van der Waals surface area (Å²) in [6.45, 7) is 0.0448. The largest absolute Gasteiger partial charge is 0.386 e. The number of benzene rings is 2. The van der Waals surface area contributed by atoms with Crippen molar-refractivity contribution in [2.24, 2.45) is 7.05 Å². The highest BCUT2D eigenvalue weighted by atomic mass is 19.1. The molecular weight excluding hydrogens is 515 g/mol. The topological polar surface area (TPSA) is 123 Å². The molecule has 0 fully saturated rings. The van der Waals surface area contributed by atoms with Gasteiger partial charge < -0.3 is 20.5 Å². The normalized spacial score (nSPS) is 12.7. The molecule has 0 aliphatic heterocycles. The van der Waals surface area contributed by atoms with Crippen molar-refractivity contribution in [1.29, 1.82) is 0 Å². The fraction of sp³-hybridized carbons (Fsp3) is 0.172. The van der Waals surface area contributed by atoms with Crippen molar-refractivity contribution in [1.82, 2.24) is 24.5 Å². The first-order valence-corrected chi connectivity index (χ1v) is 12.4. The molecule has 2 atom stereocenters. The number of rotatable bonds is 9. The summed E-state index contributed by atoms with van der Waals surface area (Å²) in [6.07, 6.45) is 3.76. The number of anilines is 1. The summed E-state index contributed by atoms with van der Waals surface area (Å²) < 4.78 is 23.2. The molecule has 2 aromatic carbocycles. The van der Waals surface area contributed by atoms with Gasteiger partial charge in [0.1, 0.15) is 23.3 Å². The van der Waals surface area contributed by atoms with Crippen LogP contribution in [0.1, 0.15) is 32.5 Å². The minimum atomic E-state index is -1.03. The number of pyridine rings is 1. The second kappa shape index (κ2) is 11.5. The van der Waals surface area contributed by atoms with Crippen LogP contribution >= 0.6 is 0 Å². The maximum absolute atomic E-state index is 14.7. The number of ether oxygens (including phenoxy) is 1. The lowest BCUT2D eigenvalue weighted by atomic mass is 10.0. The van der Waals surface area contributed by atoms with Crippen LogP contribution in [0.15, 0.2) is 85.3 Å². The lowest BCUT2D eigenvalue weighted by Crippen LogP contribution is -2.42. The van der Waals surface area contributed by atoms with Crippen LogP contribution in [0.25, 0.3) is 16.9 Å². The third kappa shape index (κ3) is 5.46. The Morgan fingerprint density at radius 1 is 1.07 bits per heavy atom. The summed E-state index contributed by atoms with van der Waals surface area (Å²) in [5.74, 6) is -1.88. The first-order valence-electron chi connectivity index (χ1n) is 12.4. The van der Waals surface area contributed by atoms with E-state index in [1.54, 1.807) is 45.7 Å². The number of nitrogens with zero attached hydrogens (tertiary/aromatic N) is 4. The number of aryl methyl sites for hydroxylation is 1. The van der Waals surface area contributed by atoms with Crippen molar-refractivity contribution in [3.05, 3.63) is 108 Å². The van der Waals surface area contributed by atoms with Crippen molar-refractivity contribution < 1.29 is 23.8 Å². The number of fused-ring (bicyclic) bond motifs is 1. The number of carbonyl (C=O) groups excluding carboxylic acids is 2. The number of aromatic nitrogens is 4. The molecule has 2 unspecified atom stereocenters. The Kier molecular flexibility index (Phi) is 7.67. The van der Waals surface area contributed by atoms with E-state index in [0.717, 1.165) is 17.3 Å². The molecule has 40 heavy (non-hydrogen) atoms. The van der Waals surface area contributed by atoms with Gasteiger partial charge in [-0.15, -0.1) is 0 Å². The number of amides is 2.